The summed E-state index contributed by atoms with van der Waals surface area (Å²) in [7, 11) is 0. The van der Waals surface area contributed by atoms with Gasteiger partial charge in [0.2, 0.25) is 0 Å². The van der Waals surface area contributed by atoms with Crippen LogP contribution in [-0.2, 0) is 6.61 Å². The maximum Gasteiger partial charge on any atom is 0.282 e. The van der Waals surface area contributed by atoms with Gasteiger partial charge >= 0.3 is 0 Å². The van der Waals surface area contributed by atoms with Gasteiger partial charge in [0.05, 0.1) is 17.1 Å². The van der Waals surface area contributed by atoms with Crippen LogP contribution < -0.4 is 10.3 Å². The molecular formula is C23H19N3O2. The van der Waals surface area contributed by atoms with Crippen LogP contribution >= 0.6 is 0 Å². The fourth-order valence-corrected chi connectivity index (χ4v) is 2.92. The lowest BCUT2D eigenvalue weighted by atomic mass is 10.2. The molecule has 0 bridgehead atoms. The lowest BCUT2D eigenvalue weighted by Gasteiger charge is -2.07. The molecule has 4 aromatic rings. The molecule has 0 aliphatic carbocycles. The molecule has 0 radical (unpaired) electrons. The highest BCUT2D eigenvalue weighted by molar-refractivity contribution is 5.81. The van der Waals surface area contributed by atoms with Crippen LogP contribution in [0.4, 0.5) is 0 Å². The average Bonchev–Trinajstić information content (AvgIpc) is 2.73. The highest BCUT2D eigenvalue weighted by Crippen LogP contribution is 2.14. The van der Waals surface area contributed by atoms with Gasteiger partial charge in [-0.15, -0.1) is 0 Å². The molecule has 0 aliphatic rings. The van der Waals surface area contributed by atoms with Crippen LogP contribution in [-0.4, -0.2) is 15.9 Å². The second kappa shape index (κ2) is 7.88. The lowest BCUT2D eigenvalue weighted by Crippen LogP contribution is -2.20. The number of fused-ring (bicyclic) bond motifs is 1. The standard InChI is InChI=1S/C23H19N3O2/c1-17-25-22-13-6-5-12-21(22)23(27)26(17)24-15-19-10-7-11-20(14-19)28-16-18-8-3-2-4-9-18/h2-15H,16H2,1H3/b24-15-. The van der Waals surface area contributed by atoms with Gasteiger partial charge in [-0.1, -0.05) is 54.6 Å². The number of benzene rings is 3. The first-order valence-electron chi connectivity index (χ1n) is 9.00. The van der Waals surface area contributed by atoms with Gasteiger partial charge in [0, 0.05) is 0 Å². The molecule has 1 aromatic heterocycles. The van der Waals surface area contributed by atoms with Crippen molar-refractivity contribution in [3.05, 3.63) is 106 Å². The van der Waals surface area contributed by atoms with E-state index in [-0.39, 0.29) is 5.56 Å². The van der Waals surface area contributed by atoms with Gasteiger partial charge < -0.3 is 4.74 Å². The summed E-state index contributed by atoms with van der Waals surface area (Å²) in [4.78, 5) is 17.1. The van der Waals surface area contributed by atoms with Crippen LogP contribution in [0.2, 0.25) is 0 Å². The molecule has 3 aromatic carbocycles. The average molecular weight is 369 g/mol. The van der Waals surface area contributed by atoms with E-state index in [0.717, 1.165) is 16.9 Å². The number of ether oxygens (including phenoxy) is 1. The zero-order valence-corrected chi connectivity index (χ0v) is 15.4. The Kier molecular flexibility index (Phi) is 4.97. The number of rotatable bonds is 5. The highest BCUT2D eigenvalue weighted by atomic mass is 16.5. The zero-order valence-electron chi connectivity index (χ0n) is 15.4. The fraction of sp³-hybridized carbons (Fsp3) is 0.0870. The predicted octanol–water partition coefficient (Wildman–Crippen LogP) is 4.17. The summed E-state index contributed by atoms with van der Waals surface area (Å²) in [5, 5.41) is 4.89. The molecule has 5 nitrogen and oxygen atoms in total. The molecule has 0 unspecified atom stereocenters. The van der Waals surface area contributed by atoms with Crippen LogP contribution in [0, 0.1) is 6.92 Å². The highest BCUT2D eigenvalue weighted by Gasteiger charge is 2.06. The van der Waals surface area contributed by atoms with E-state index in [1.165, 1.54) is 4.68 Å². The lowest BCUT2D eigenvalue weighted by molar-refractivity contribution is 0.306. The summed E-state index contributed by atoms with van der Waals surface area (Å²) in [6.45, 7) is 2.26. The van der Waals surface area contributed by atoms with Crippen LogP contribution in [0.3, 0.4) is 0 Å². The van der Waals surface area contributed by atoms with Crippen molar-refractivity contribution in [2.45, 2.75) is 13.5 Å². The van der Waals surface area contributed by atoms with Gasteiger partial charge in [0.25, 0.3) is 5.56 Å². The topological polar surface area (TPSA) is 56.5 Å². The number of hydrogen-bond donors (Lipinski definition) is 0. The second-order valence-corrected chi connectivity index (χ2v) is 6.38. The molecule has 0 fully saturated rings. The largest absolute Gasteiger partial charge is 0.489 e. The first-order chi connectivity index (χ1) is 13.7. The Morgan fingerprint density at radius 1 is 1.00 bits per heavy atom. The van der Waals surface area contributed by atoms with Gasteiger partial charge in [0.15, 0.2) is 0 Å². The van der Waals surface area contributed by atoms with Gasteiger partial charge in [-0.2, -0.15) is 9.78 Å². The molecule has 0 saturated heterocycles. The van der Waals surface area contributed by atoms with Crippen molar-refractivity contribution in [1.29, 1.82) is 0 Å². The van der Waals surface area contributed by atoms with E-state index in [1.54, 1.807) is 19.2 Å². The molecule has 0 atom stereocenters. The van der Waals surface area contributed by atoms with E-state index >= 15 is 0 Å². The summed E-state index contributed by atoms with van der Waals surface area (Å²) in [5.41, 5.74) is 2.43. The summed E-state index contributed by atoms with van der Waals surface area (Å²) in [6, 6.07) is 24.9. The normalized spacial score (nSPS) is 11.2. The van der Waals surface area contributed by atoms with E-state index in [1.807, 2.05) is 72.8 Å². The Bertz CT molecular complexity index is 1200. The van der Waals surface area contributed by atoms with Crippen LogP contribution in [0.5, 0.6) is 5.75 Å². The van der Waals surface area contributed by atoms with Crippen LogP contribution in [0.1, 0.15) is 17.0 Å². The Labute approximate surface area is 162 Å². The summed E-state index contributed by atoms with van der Waals surface area (Å²) in [6.07, 6.45) is 1.64. The Morgan fingerprint density at radius 2 is 1.79 bits per heavy atom. The minimum absolute atomic E-state index is 0.184. The van der Waals surface area contributed by atoms with E-state index in [2.05, 4.69) is 10.1 Å². The Hall–Kier alpha value is -3.73. The van der Waals surface area contributed by atoms with Crippen molar-refractivity contribution in [1.82, 2.24) is 9.66 Å². The maximum atomic E-state index is 12.7. The molecule has 138 valence electrons. The first kappa shape index (κ1) is 17.7. The van der Waals surface area contributed by atoms with Crippen molar-refractivity contribution < 1.29 is 4.74 Å². The van der Waals surface area contributed by atoms with E-state index < -0.39 is 0 Å². The third-order valence-corrected chi connectivity index (χ3v) is 4.34. The molecule has 0 aliphatic heterocycles. The van der Waals surface area contributed by atoms with Gasteiger partial charge in [-0.05, 0) is 42.3 Å². The van der Waals surface area contributed by atoms with Crippen molar-refractivity contribution >= 4 is 17.1 Å². The van der Waals surface area contributed by atoms with Crippen molar-refractivity contribution in [2.24, 2.45) is 5.10 Å². The number of nitrogens with zero attached hydrogens (tertiary/aromatic N) is 3. The molecule has 28 heavy (non-hydrogen) atoms. The number of aryl methyl sites for hydroxylation is 1. The van der Waals surface area contributed by atoms with Crippen molar-refractivity contribution in [3.8, 4) is 5.75 Å². The SMILES string of the molecule is Cc1nc2ccccc2c(=O)n1/N=C\c1cccc(OCc2ccccc2)c1. The molecule has 0 saturated carbocycles. The predicted molar refractivity (Wildman–Crippen MR) is 111 cm³/mol. The van der Waals surface area contributed by atoms with Crippen molar-refractivity contribution in [2.75, 3.05) is 0 Å². The number of hydrogen-bond acceptors (Lipinski definition) is 4. The minimum Gasteiger partial charge on any atom is -0.489 e. The maximum absolute atomic E-state index is 12.7. The number of aromatic nitrogens is 2. The Balaban J connectivity index is 1.57. The molecule has 0 N–H and O–H groups in total. The van der Waals surface area contributed by atoms with Gasteiger partial charge in [-0.25, -0.2) is 4.98 Å². The first-order valence-corrected chi connectivity index (χ1v) is 9.00. The second-order valence-electron chi connectivity index (χ2n) is 6.38. The molecule has 1 heterocycles. The van der Waals surface area contributed by atoms with Crippen LogP contribution in [0.25, 0.3) is 10.9 Å². The van der Waals surface area contributed by atoms with E-state index in [4.69, 9.17) is 4.74 Å². The summed E-state index contributed by atoms with van der Waals surface area (Å²) < 4.78 is 7.17. The third-order valence-electron chi connectivity index (χ3n) is 4.34. The number of para-hydroxylation sites is 1. The Morgan fingerprint density at radius 3 is 2.64 bits per heavy atom. The quantitative estimate of drug-likeness (QED) is 0.496. The van der Waals surface area contributed by atoms with Crippen molar-refractivity contribution in [3.63, 3.8) is 0 Å². The summed E-state index contributed by atoms with van der Waals surface area (Å²) in [5.74, 6) is 1.28. The molecule has 0 amide bonds. The van der Waals surface area contributed by atoms with Gasteiger partial charge in [-0.3, -0.25) is 4.79 Å². The van der Waals surface area contributed by atoms with E-state index in [9.17, 15) is 4.79 Å². The van der Waals surface area contributed by atoms with E-state index in [0.29, 0.717) is 23.3 Å². The smallest absolute Gasteiger partial charge is 0.282 e. The monoisotopic (exact) mass is 369 g/mol. The third kappa shape index (κ3) is 3.83. The fourth-order valence-electron chi connectivity index (χ4n) is 2.92. The molecule has 5 heteroatoms. The molecular weight excluding hydrogens is 350 g/mol. The minimum atomic E-state index is -0.184. The molecule has 0 spiro atoms. The summed E-state index contributed by atoms with van der Waals surface area (Å²) >= 11 is 0. The van der Waals surface area contributed by atoms with Crippen LogP contribution in [0.15, 0.2) is 88.8 Å². The van der Waals surface area contributed by atoms with Gasteiger partial charge in [0.1, 0.15) is 18.2 Å². The zero-order chi connectivity index (χ0) is 19.3. The molecule has 4 rings (SSSR count).